The van der Waals surface area contributed by atoms with Crippen molar-refractivity contribution in [2.24, 2.45) is 0 Å². The lowest BCUT2D eigenvalue weighted by atomic mass is 10.2. The predicted molar refractivity (Wildman–Crippen MR) is 86.9 cm³/mol. The Labute approximate surface area is 137 Å². The Balaban J connectivity index is 1.93. The monoisotopic (exact) mass is 329 g/mol. The zero-order valence-corrected chi connectivity index (χ0v) is 13.2. The number of ether oxygens (including phenoxy) is 1. The number of para-hydroxylation sites is 1. The van der Waals surface area contributed by atoms with E-state index >= 15 is 0 Å². The van der Waals surface area contributed by atoms with Crippen LogP contribution >= 0.6 is 11.3 Å². The maximum atomic E-state index is 11.9. The van der Waals surface area contributed by atoms with E-state index in [9.17, 15) is 9.59 Å². The number of carbonyl (C=O) groups is 2. The molecule has 23 heavy (non-hydrogen) atoms. The standard InChI is InChI=1S/C16H15N3O3S/c1-22-14(12-6-7-23-10-12)9-18-15(20)16(21)19-13-5-3-2-4-11(13)8-17/h2-7,10,14H,9H2,1H3,(H,18,20)(H,19,21)/t14-/m0/s1. The Morgan fingerprint density at radius 3 is 2.74 bits per heavy atom. The number of methoxy groups -OCH3 is 1. The number of hydrogen-bond donors (Lipinski definition) is 2. The van der Waals surface area contributed by atoms with Gasteiger partial charge in [0.1, 0.15) is 12.2 Å². The third-order valence-corrected chi connectivity index (χ3v) is 3.85. The van der Waals surface area contributed by atoms with Gasteiger partial charge in [-0.1, -0.05) is 12.1 Å². The van der Waals surface area contributed by atoms with Crippen LogP contribution in [0.5, 0.6) is 0 Å². The minimum Gasteiger partial charge on any atom is -0.375 e. The van der Waals surface area contributed by atoms with Gasteiger partial charge in [-0.3, -0.25) is 9.59 Å². The summed E-state index contributed by atoms with van der Waals surface area (Å²) in [5.74, 6) is -1.61. The molecule has 2 N–H and O–H groups in total. The Morgan fingerprint density at radius 1 is 1.30 bits per heavy atom. The van der Waals surface area contributed by atoms with E-state index in [-0.39, 0.29) is 12.6 Å². The van der Waals surface area contributed by atoms with Gasteiger partial charge in [0.2, 0.25) is 0 Å². The van der Waals surface area contributed by atoms with Crippen LogP contribution < -0.4 is 10.6 Å². The molecule has 1 atom stereocenters. The Kier molecular flexibility index (Phi) is 5.86. The van der Waals surface area contributed by atoms with Gasteiger partial charge in [-0.25, -0.2) is 0 Å². The summed E-state index contributed by atoms with van der Waals surface area (Å²) < 4.78 is 5.30. The number of rotatable bonds is 5. The fourth-order valence-electron chi connectivity index (χ4n) is 1.93. The second-order valence-corrected chi connectivity index (χ2v) is 5.38. The van der Waals surface area contributed by atoms with Crippen LogP contribution in [0.3, 0.4) is 0 Å². The maximum absolute atomic E-state index is 11.9. The molecule has 2 rings (SSSR count). The Morgan fingerprint density at radius 2 is 2.09 bits per heavy atom. The number of carbonyl (C=O) groups excluding carboxylic acids is 2. The van der Waals surface area contributed by atoms with Gasteiger partial charge in [-0.2, -0.15) is 16.6 Å². The van der Waals surface area contributed by atoms with Gasteiger partial charge in [0.05, 0.1) is 11.3 Å². The number of amides is 2. The molecule has 0 unspecified atom stereocenters. The molecule has 6 nitrogen and oxygen atoms in total. The summed E-state index contributed by atoms with van der Waals surface area (Å²) in [4.78, 5) is 23.8. The highest BCUT2D eigenvalue weighted by molar-refractivity contribution is 7.07. The molecule has 2 aromatic rings. The molecular formula is C16H15N3O3S. The van der Waals surface area contributed by atoms with Crippen molar-refractivity contribution in [3.8, 4) is 6.07 Å². The summed E-state index contributed by atoms with van der Waals surface area (Å²) in [6.45, 7) is 0.180. The molecule has 1 aromatic heterocycles. The number of nitrogens with one attached hydrogen (secondary N) is 2. The predicted octanol–water partition coefficient (Wildman–Crippen LogP) is 2.06. The van der Waals surface area contributed by atoms with E-state index in [1.807, 2.05) is 22.9 Å². The average molecular weight is 329 g/mol. The van der Waals surface area contributed by atoms with Crippen molar-refractivity contribution in [3.05, 3.63) is 52.2 Å². The number of anilines is 1. The minimum absolute atomic E-state index is 0.180. The van der Waals surface area contributed by atoms with Crippen molar-refractivity contribution < 1.29 is 14.3 Å². The van der Waals surface area contributed by atoms with Gasteiger partial charge in [0.25, 0.3) is 0 Å². The van der Waals surface area contributed by atoms with Gasteiger partial charge in [-0.05, 0) is 34.5 Å². The summed E-state index contributed by atoms with van der Waals surface area (Å²) in [7, 11) is 1.54. The molecule has 1 aromatic carbocycles. The molecule has 0 spiro atoms. The van der Waals surface area contributed by atoms with Gasteiger partial charge in [0, 0.05) is 13.7 Å². The molecule has 1 heterocycles. The lowest BCUT2D eigenvalue weighted by Gasteiger charge is -2.15. The van der Waals surface area contributed by atoms with E-state index < -0.39 is 11.8 Å². The van der Waals surface area contributed by atoms with Crippen LogP contribution in [0.2, 0.25) is 0 Å². The highest BCUT2D eigenvalue weighted by atomic mass is 32.1. The summed E-state index contributed by atoms with van der Waals surface area (Å²) in [6, 6.07) is 10.3. The van der Waals surface area contributed by atoms with Crippen molar-refractivity contribution in [2.75, 3.05) is 19.0 Å². The topological polar surface area (TPSA) is 91.2 Å². The summed E-state index contributed by atoms with van der Waals surface area (Å²) in [6.07, 6.45) is -0.315. The number of thiophene rings is 1. The molecule has 0 saturated carbocycles. The summed E-state index contributed by atoms with van der Waals surface area (Å²) in [5, 5.41) is 17.7. The van der Waals surface area contributed by atoms with Crippen LogP contribution in [0.4, 0.5) is 5.69 Å². The number of nitriles is 1. The zero-order valence-electron chi connectivity index (χ0n) is 12.4. The SMILES string of the molecule is CO[C@@H](CNC(=O)C(=O)Nc1ccccc1C#N)c1ccsc1. The smallest absolute Gasteiger partial charge is 0.313 e. The van der Waals surface area contributed by atoms with Gasteiger partial charge in [-0.15, -0.1) is 0 Å². The van der Waals surface area contributed by atoms with E-state index in [1.54, 1.807) is 24.3 Å². The van der Waals surface area contributed by atoms with E-state index in [4.69, 9.17) is 10.00 Å². The van der Waals surface area contributed by atoms with Crippen LogP contribution in [0.25, 0.3) is 0 Å². The lowest BCUT2D eigenvalue weighted by Crippen LogP contribution is -2.38. The fourth-order valence-corrected chi connectivity index (χ4v) is 2.63. The highest BCUT2D eigenvalue weighted by Crippen LogP contribution is 2.18. The van der Waals surface area contributed by atoms with E-state index in [2.05, 4.69) is 10.6 Å². The molecule has 2 amide bonds. The normalized spacial score (nSPS) is 11.3. The molecule has 0 saturated heterocycles. The van der Waals surface area contributed by atoms with Crippen LogP contribution in [-0.2, 0) is 14.3 Å². The van der Waals surface area contributed by atoms with E-state index in [0.717, 1.165) is 5.56 Å². The van der Waals surface area contributed by atoms with Crippen molar-refractivity contribution >= 4 is 28.8 Å². The Bertz CT molecular complexity index is 722. The van der Waals surface area contributed by atoms with Crippen LogP contribution in [-0.4, -0.2) is 25.5 Å². The molecule has 0 aliphatic rings. The van der Waals surface area contributed by atoms with Crippen LogP contribution in [0.15, 0.2) is 41.1 Å². The molecule has 118 valence electrons. The second-order valence-electron chi connectivity index (χ2n) is 4.60. The first-order valence-corrected chi connectivity index (χ1v) is 7.73. The van der Waals surface area contributed by atoms with Crippen molar-refractivity contribution in [1.82, 2.24) is 5.32 Å². The number of nitrogens with zero attached hydrogens (tertiary/aromatic N) is 1. The fraction of sp³-hybridized carbons (Fsp3) is 0.188. The number of benzene rings is 1. The second kappa shape index (κ2) is 8.08. The molecule has 0 radical (unpaired) electrons. The largest absolute Gasteiger partial charge is 0.375 e. The first-order chi connectivity index (χ1) is 11.2. The van der Waals surface area contributed by atoms with E-state index in [0.29, 0.717) is 11.3 Å². The van der Waals surface area contributed by atoms with E-state index in [1.165, 1.54) is 18.4 Å². The first kappa shape index (κ1) is 16.7. The molecule has 0 aliphatic heterocycles. The van der Waals surface area contributed by atoms with Crippen molar-refractivity contribution in [3.63, 3.8) is 0 Å². The van der Waals surface area contributed by atoms with Gasteiger partial charge in [0.15, 0.2) is 0 Å². The lowest BCUT2D eigenvalue weighted by molar-refractivity contribution is -0.136. The quantitative estimate of drug-likeness (QED) is 0.822. The van der Waals surface area contributed by atoms with Crippen LogP contribution in [0.1, 0.15) is 17.2 Å². The average Bonchev–Trinajstić information content (AvgIpc) is 3.10. The first-order valence-electron chi connectivity index (χ1n) is 6.79. The Hall–Kier alpha value is -2.69. The molecule has 0 bridgehead atoms. The minimum atomic E-state index is -0.826. The molecule has 0 fully saturated rings. The van der Waals surface area contributed by atoms with Crippen molar-refractivity contribution in [1.29, 1.82) is 5.26 Å². The molecule has 7 heteroatoms. The zero-order chi connectivity index (χ0) is 16.7. The van der Waals surface area contributed by atoms with Crippen LogP contribution in [0, 0.1) is 11.3 Å². The highest BCUT2D eigenvalue weighted by Gasteiger charge is 2.18. The summed E-state index contributed by atoms with van der Waals surface area (Å²) >= 11 is 1.53. The number of hydrogen-bond acceptors (Lipinski definition) is 5. The van der Waals surface area contributed by atoms with Gasteiger partial charge >= 0.3 is 11.8 Å². The van der Waals surface area contributed by atoms with Crippen molar-refractivity contribution in [2.45, 2.75) is 6.10 Å². The van der Waals surface area contributed by atoms with Gasteiger partial charge < -0.3 is 15.4 Å². The third-order valence-electron chi connectivity index (χ3n) is 3.15. The third kappa shape index (κ3) is 4.39. The summed E-state index contributed by atoms with van der Waals surface area (Å²) in [5.41, 5.74) is 1.53. The molecular weight excluding hydrogens is 314 g/mol. The maximum Gasteiger partial charge on any atom is 0.313 e. The molecule has 0 aliphatic carbocycles.